The monoisotopic (exact) mass is 456 g/mol. The van der Waals surface area contributed by atoms with Crippen molar-refractivity contribution in [3.63, 3.8) is 0 Å². The number of benzene rings is 4. The summed E-state index contributed by atoms with van der Waals surface area (Å²) in [6, 6.07) is 19.4. The molecule has 0 fully saturated rings. The molecular weight excluding hydrogens is 435 g/mol. The Labute approximate surface area is 188 Å². The molecule has 4 aromatic rings. The van der Waals surface area contributed by atoms with E-state index in [4.69, 9.17) is 4.74 Å². The predicted molar refractivity (Wildman–Crippen MR) is 119 cm³/mol. The van der Waals surface area contributed by atoms with Crippen LogP contribution in [0.1, 0.15) is 23.6 Å². The van der Waals surface area contributed by atoms with Crippen LogP contribution in [-0.4, -0.2) is 6.61 Å². The van der Waals surface area contributed by atoms with Crippen LogP contribution in [0, 0.1) is 11.6 Å². The molecule has 33 heavy (non-hydrogen) atoms. The van der Waals surface area contributed by atoms with Crippen LogP contribution in [0.2, 0.25) is 0 Å². The Morgan fingerprint density at radius 1 is 0.758 bits per heavy atom. The first-order valence-corrected chi connectivity index (χ1v) is 10.6. The van der Waals surface area contributed by atoms with Crippen LogP contribution in [-0.2, 0) is 19.0 Å². The van der Waals surface area contributed by atoms with Crippen molar-refractivity contribution >= 4 is 10.8 Å². The normalized spacial score (nSPS) is 11.7. The van der Waals surface area contributed by atoms with Crippen molar-refractivity contribution < 1.29 is 26.7 Å². The van der Waals surface area contributed by atoms with Crippen LogP contribution in [0.3, 0.4) is 0 Å². The van der Waals surface area contributed by atoms with Gasteiger partial charge in [-0.05, 0) is 77.7 Å². The van der Waals surface area contributed by atoms with Crippen LogP contribution < -0.4 is 4.74 Å². The molecule has 0 radical (unpaired) electrons. The fourth-order valence-corrected chi connectivity index (χ4v) is 3.84. The standard InChI is InChI=1S/C27H21F5O/c1-2-33-22-11-8-18(9-12-22)20-10-13-23-21(16-20)7-6-19(26(23)29)5-3-17-4-14-24(25(28)15-17)27(30,31)32/h4,6-16H,2-3,5H2,1H3. The Kier molecular flexibility index (Phi) is 6.36. The Morgan fingerprint density at radius 2 is 1.48 bits per heavy atom. The number of fused-ring (bicyclic) bond motifs is 1. The van der Waals surface area contributed by atoms with E-state index in [2.05, 4.69) is 0 Å². The van der Waals surface area contributed by atoms with Gasteiger partial charge in [-0.15, -0.1) is 0 Å². The van der Waals surface area contributed by atoms with E-state index in [1.807, 2.05) is 49.4 Å². The molecule has 0 aromatic heterocycles. The van der Waals surface area contributed by atoms with Crippen molar-refractivity contribution in [1.29, 1.82) is 0 Å². The molecule has 0 aliphatic rings. The SMILES string of the molecule is CCOc1ccc(-c2ccc3c(F)c(CCc4ccc(C(F)(F)F)c(F)c4)ccc3c2)cc1. The molecule has 170 valence electrons. The molecule has 0 bridgehead atoms. The number of ether oxygens (including phenoxy) is 1. The minimum atomic E-state index is -4.74. The van der Waals surface area contributed by atoms with Crippen LogP contribution >= 0.6 is 0 Å². The van der Waals surface area contributed by atoms with Gasteiger partial charge in [-0.3, -0.25) is 0 Å². The quantitative estimate of drug-likeness (QED) is 0.267. The topological polar surface area (TPSA) is 9.23 Å². The first-order chi connectivity index (χ1) is 15.8. The van der Waals surface area contributed by atoms with E-state index in [0.29, 0.717) is 23.1 Å². The Balaban J connectivity index is 1.53. The van der Waals surface area contributed by atoms with Gasteiger partial charge in [-0.25, -0.2) is 8.78 Å². The van der Waals surface area contributed by atoms with Crippen molar-refractivity contribution in [2.24, 2.45) is 0 Å². The third-order valence-corrected chi connectivity index (χ3v) is 5.55. The van der Waals surface area contributed by atoms with Crippen LogP contribution in [0.5, 0.6) is 5.75 Å². The fraction of sp³-hybridized carbons (Fsp3) is 0.185. The minimum Gasteiger partial charge on any atom is -0.494 e. The molecule has 4 rings (SSSR count). The van der Waals surface area contributed by atoms with Crippen LogP contribution in [0.25, 0.3) is 21.9 Å². The van der Waals surface area contributed by atoms with Gasteiger partial charge >= 0.3 is 6.18 Å². The molecule has 0 atom stereocenters. The van der Waals surface area contributed by atoms with Gasteiger partial charge in [0.25, 0.3) is 0 Å². The van der Waals surface area contributed by atoms with Gasteiger partial charge < -0.3 is 4.74 Å². The van der Waals surface area contributed by atoms with Gasteiger partial charge in [-0.1, -0.05) is 42.5 Å². The van der Waals surface area contributed by atoms with E-state index in [1.165, 1.54) is 6.07 Å². The number of alkyl halides is 3. The van der Waals surface area contributed by atoms with Gasteiger partial charge in [0.15, 0.2) is 0 Å². The minimum absolute atomic E-state index is 0.224. The highest BCUT2D eigenvalue weighted by Gasteiger charge is 2.33. The van der Waals surface area contributed by atoms with E-state index in [9.17, 15) is 17.6 Å². The summed E-state index contributed by atoms with van der Waals surface area (Å²) in [5.41, 5.74) is 1.43. The van der Waals surface area contributed by atoms with E-state index >= 15 is 4.39 Å². The lowest BCUT2D eigenvalue weighted by Crippen LogP contribution is -2.08. The Morgan fingerprint density at radius 3 is 2.15 bits per heavy atom. The second-order valence-electron chi connectivity index (χ2n) is 7.74. The molecule has 0 saturated carbocycles. The highest BCUT2D eigenvalue weighted by atomic mass is 19.4. The van der Waals surface area contributed by atoms with Gasteiger partial charge in [0, 0.05) is 5.39 Å². The zero-order chi connectivity index (χ0) is 23.6. The summed E-state index contributed by atoms with van der Waals surface area (Å²) in [6.07, 6.45) is -4.27. The number of hydrogen-bond donors (Lipinski definition) is 0. The molecule has 0 unspecified atom stereocenters. The molecule has 0 aliphatic heterocycles. The number of hydrogen-bond acceptors (Lipinski definition) is 1. The Bertz CT molecular complexity index is 1280. The average Bonchev–Trinajstić information content (AvgIpc) is 2.78. The molecule has 1 nitrogen and oxygen atoms in total. The second kappa shape index (κ2) is 9.22. The van der Waals surface area contributed by atoms with Gasteiger partial charge in [0.2, 0.25) is 0 Å². The molecule has 4 aromatic carbocycles. The summed E-state index contributed by atoms with van der Waals surface area (Å²) >= 11 is 0. The van der Waals surface area contributed by atoms with Crippen LogP contribution in [0.4, 0.5) is 22.0 Å². The zero-order valence-electron chi connectivity index (χ0n) is 17.8. The molecule has 0 N–H and O–H groups in total. The summed E-state index contributed by atoms with van der Waals surface area (Å²) < 4.78 is 72.5. The molecule has 0 amide bonds. The van der Waals surface area contributed by atoms with Crippen molar-refractivity contribution in [1.82, 2.24) is 0 Å². The maximum absolute atomic E-state index is 15.1. The molecule has 0 spiro atoms. The van der Waals surface area contributed by atoms with Crippen molar-refractivity contribution in [3.05, 3.63) is 101 Å². The zero-order valence-corrected chi connectivity index (χ0v) is 17.8. The van der Waals surface area contributed by atoms with E-state index in [-0.39, 0.29) is 18.7 Å². The van der Waals surface area contributed by atoms with Gasteiger partial charge in [0.1, 0.15) is 17.4 Å². The van der Waals surface area contributed by atoms with Gasteiger partial charge in [-0.2, -0.15) is 13.2 Å². The van der Waals surface area contributed by atoms with Gasteiger partial charge in [0.05, 0.1) is 12.2 Å². The summed E-state index contributed by atoms with van der Waals surface area (Å²) in [7, 11) is 0. The average molecular weight is 456 g/mol. The lowest BCUT2D eigenvalue weighted by atomic mass is 9.97. The summed E-state index contributed by atoms with van der Waals surface area (Å²) in [4.78, 5) is 0. The maximum Gasteiger partial charge on any atom is 0.419 e. The molecule has 0 aliphatic carbocycles. The summed E-state index contributed by atoms with van der Waals surface area (Å²) in [5, 5.41) is 1.20. The largest absolute Gasteiger partial charge is 0.494 e. The van der Waals surface area contributed by atoms with Crippen molar-refractivity contribution in [2.75, 3.05) is 6.61 Å². The molecule has 0 saturated heterocycles. The number of aryl methyl sites for hydroxylation is 2. The predicted octanol–water partition coefficient (Wildman–Crippen LogP) is 7.99. The highest BCUT2D eigenvalue weighted by Crippen LogP contribution is 2.32. The smallest absolute Gasteiger partial charge is 0.419 e. The maximum atomic E-state index is 15.1. The lowest BCUT2D eigenvalue weighted by molar-refractivity contribution is -0.140. The third-order valence-electron chi connectivity index (χ3n) is 5.55. The fourth-order valence-electron chi connectivity index (χ4n) is 3.84. The summed E-state index contributed by atoms with van der Waals surface area (Å²) in [5.74, 6) is -0.912. The van der Waals surface area contributed by atoms with Crippen molar-refractivity contribution in [3.8, 4) is 16.9 Å². The van der Waals surface area contributed by atoms with Crippen LogP contribution in [0.15, 0.2) is 72.8 Å². The number of rotatable bonds is 6. The highest BCUT2D eigenvalue weighted by molar-refractivity contribution is 5.88. The first kappa shape index (κ1) is 22.8. The van der Waals surface area contributed by atoms with Crippen molar-refractivity contribution in [2.45, 2.75) is 25.9 Å². The Hall–Kier alpha value is -3.41. The van der Waals surface area contributed by atoms with E-state index in [1.54, 1.807) is 12.1 Å². The molecular formula is C27H21F5O. The summed E-state index contributed by atoms with van der Waals surface area (Å²) in [6.45, 7) is 2.51. The van der Waals surface area contributed by atoms with E-state index < -0.39 is 17.6 Å². The third kappa shape index (κ3) is 5.00. The lowest BCUT2D eigenvalue weighted by Gasteiger charge is -2.11. The molecule has 6 heteroatoms. The van der Waals surface area contributed by atoms with E-state index in [0.717, 1.165) is 34.4 Å². The second-order valence-corrected chi connectivity index (χ2v) is 7.74. The number of halogens is 5. The first-order valence-electron chi connectivity index (χ1n) is 10.6. The molecule has 0 heterocycles.